The minimum atomic E-state index is -4.74. The Kier molecular flexibility index (Phi) is 9.83. The van der Waals surface area contributed by atoms with Crippen LogP contribution in [-0.4, -0.2) is 57.5 Å². The molecule has 1 aliphatic rings. The Morgan fingerprint density at radius 3 is 2.57 bits per heavy atom. The molecule has 1 saturated heterocycles. The number of rotatable bonds is 12. The van der Waals surface area contributed by atoms with Gasteiger partial charge in [-0.1, -0.05) is 39.0 Å². The molecule has 2 heterocycles. The third-order valence-electron chi connectivity index (χ3n) is 4.83. The van der Waals surface area contributed by atoms with Gasteiger partial charge in [0, 0.05) is 6.07 Å². The number of nitrogens with zero attached hydrogens (tertiary/aromatic N) is 1. The number of phosphoric acid groups is 1. The van der Waals surface area contributed by atoms with E-state index in [9.17, 15) is 19.6 Å². The molecule has 0 radical (unpaired) electrons. The summed E-state index contributed by atoms with van der Waals surface area (Å²) in [4.78, 5) is 29.8. The van der Waals surface area contributed by atoms with Gasteiger partial charge in [0.25, 0.3) is 6.23 Å². The van der Waals surface area contributed by atoms with Gasteiger partial charge in [-0.25, -0.2) is 9.36 Å². The monoisotopic (exact) mass is 448 g/mol. The van der Waals surface area contributed by atoms with Gasteiger partial charge in [-0.15, -0.1) is 0 Å². The molecule has 1 aliphatic heterocycles. The number of phosphoric ester groups is 1. The number of carbonyl (C=O) groups excluding carboxylic acids is 1. The summed E-state index contributed by atoms with van der Waals surface area (Å²) in [7, 11) is -4.74. The number of hydrogen-bond donors (Lipinski definition) is 4. The number of aromatic nitrogens is 1. The number of ether oxygens (including phenoxy) is 2. The highest BCUT2D eigenvalue weighted by molar-refractivity contribution is 7.46. The number of carbonyl (C=O) groups is 1. The zero-order valence-corrected chi connectivity index (χ0v) is 17.9. The van der Waals surface area contributed by atoms with Crippen molar-refractivity contribution in [3.8, 4) is 0 Å². The first-order valence-corrected chi connectivity index (χ1v) is 11.7. The highest BCUT2D eigenvalue weighted by atomic mass is 31.2. The third-order valence-corrected chi connectivity index (χ3v) is 5.31. The van der Waals surface area contributed by atoms with Crippen LogP contribution in [0.2, 0.25) is 0 Å². The Labute approximate surface area is 175 Å². The number of unbranched alkanes of at least 4 members (excludes halogenated alkanes) is 5. The van der Waals surface area contributed by atoms with Crippen molar-refractivity contribution in [2.75, 3.05) is 13.2 Å². The van der Waals surface area contributed by atoms with Crippen LogP contribution in [0.4, 0.5) is 0 Å². The molecule has 0 bridgehead atoms. The highest BCUT2D eigenvalue weighted by Crippen LogP contribution is 2.37. The zero-order valence-electron chi connectivity index (χ0n) is 17.0. The first-order chi connectivity index (χ1) is 14.2. The van der Waals surface area contributed by atoms with Crippen molar-refractivity contribution in [3.05, 3.63) is 30.1 Å². The lowest BCUT2D eigenvalue weighted by atomic mass is 10.1. The van der Waals surface area contributed by atoms with E-state index < -0.39 is 44.9 Å². The Hall–Kier alpha value is -1.39. The molecule has 1 fully saturated rings. The molecule has 0 amide bonds. The largest absolute Gasteiger partial charge is 0.469 e. The van der Waals surface area contributed by atoms with E-state index in [0.29, 0.717) is 6.61 Å². The van der Waals surface area contributed by atoms with Gasteiger partial charge in [0.15, 0.2) is 18.5 Å². The molecule has 1 aromatic heterocycles. The Balaban J connectivity index is 1.89. The van der Waals surface area contributed by atoms with Gasteiger partial charge < -0.3 is 29.5 Å². The van der Waals surface area contributed by atoms with Crippen molar-refractivity contribution in [2.24, 2.45) is 0 Å². The van der Waals surface area contributed by atoms with E-state index in [1.54, 1.807) is 12.1 Å². The molecule has 0 unspecified atom stereocenters. The van der Waals surface area contributed by atoms with Crippen molar-refractivity contribution in [1.82, 2.24) is 0 Å². The summed E-state index contributed by atoms with van der Waals surface area (Å²) >= 11 is 0. The fourth-order valence-electron chi connectivity index (χ4n) is 3.19. The highest BCUT2D eigenvalue weighted by Gasteiger charge is 2.49. The molecule has 11 heteroatoms. The first kappa shape index (κ1) is 24.9. The van der Waals surface area contributed by atoms with Gasteiger partial charge in [0.1, 0.15) is 17.8 Å². The van der Waals surface area contributed by atoms with E-state index in [1.165, 1.54) is 36.2 Å². The molecular weight excluding hydrogens is 417 g/mol. The van der Waals surface area contributed by atoms with Gasteiger partial charge in [0.05, 0.1) is 13.2 Å². The van der Waals surface area contributed by atoms with E-state index in [0.717, 1.165) is 19.3 Å². The Morgan fingerprint density at radius 2 is 1.87 bits per heavy atom. The second-order valence-corrected chi connectivity index (χ2v) is 8.52. The van der Waals surface area contributed by atoms with Crippen molar-refractivity contribution in [2.45, 2.75) is 70.0 Å². The van der Waals surface area contributed by atoms with Crippen LogP contribution in [0, 0.1) is 0 Å². The van der Waals surface area contributed by atoms with Crippen molar-refractivity contribution in [1.29, 1.82) is 0 Å². The Morgan fingerprint density at radius 1 is 1.17 bits per heavy atom. The number of pyridine rings is 1. The van der Waals surface area contributed by atoms with E-state index in [2.05, 4.69) is 11.4 Å². The van der Waals surface area contributed by atoms with Gasteiger partial charge in [-0.2, -0.15) is 4.57 Å². The second-order valence-electron chi connectivity index (χ2n) is 7.28. The second kappa shape index (κ2) is 11.9. The maximum Gasteiger partial charge on any atom is 0.469 e. The summed E-state index contributed by atoms with van der Waals surface area (Å²) in [5, 5.41) is 20.3. The molecule has 0 saturated carbocycles. The maximum atomic E-state index is 12.3. The summed E-state index contributed by atoms with van der Waals surface area (Å²) in [6, 6.07) is 3.13. The maximum absolute atomic E-state index is 12.3. The van der Waals surface area contributed by atoms with Crippen LogP contribution >= 0.6 is 7.82 Å². The number of aliphatic hydroxyl groups excluding tert-OH is 2. The predicted molar refractivity (Wildman–Crippen MR) is 104 cm³/mol. The third kappa shape index (κ3) is 7.70. The van der Waals surface area contributed by atoms with Gasteiger partial charge >= 0.3 is 13.8 Å². The van der Waals surface area contributed by atoms with Gasteiger partial charge in [-0.05, 0) is 12.5 Å². The lowest BCUT2D eigenvalue weighted by Crippen LogP contribution is -2.46. The first-order valence-electron chi connectivity index (χ1n) is 10.1. The molecule has 2 rings (SSSR count). The minimum absolute atomic E-state index is 0.253. The van der Waals surface area contributed by atoms with Crippen molar-refractivity contribution < 1.29 is 47.9 Å². The van der Waals surface area contributed by atoms with Crippen LogP contribution in [-0.2, 0) is 18.6 Å². The lowest BCUT2D eigenvalue weighted by Gasteiger charge is -2.13. The fraction of sp³-hybridized carbons (Fsp3) is 0.684. The van der Waals surface area contributed by atoms with E-state index in [1.807, 2.05) is 0 Å². The summed E-state index contributed by atoms with van der Waals surface area (Å²) in [5.41, 5.74) is 0.253. The molecule has 4 atom stereocenters. The molecule has 0 spiro atoms. The fourth-order valence-corrected chi connectivity index (χ4v) is 3.53. The standard InChI is InChI=1S/C19H30NO9P/c1-2-3-4-5-6-7-11-27-19(23)14-9-8-10-20(12-14)18-17(22)16(21)15(29-18)13-28-30(24,25)26/h8-10,12,15-18,21-22H,2-7,11,13H2,1H3,(H-,24,25,26)/p+1/t15-,16+,17+,18-/m1/s1. The topological polar surface area (TPSA) is 147 Å². The van der Waals surface area contributed by atoms with Crippen LogP contribution in [0.25, 0.3) is 0 Å². The lowest BCUT2D eigenvalue weighted by molar-refractivity contribution is -0.765. The normalized spacial score (nSPS) is 24.2. The minimum Gasteiger partial charge on any atom is -0.462 e. The van der Waals surface area contributed by atoms with Crippen LogP contribution in [0.3, 0.4) is 0 Å². The van der Waals surface area contributed by atoms with Crippen LogP contribution in [0.15, 0.2) is 24.5 Å². The van der Waals surface area contributed by atoms with Gasteiger partial charge in [-0.3, -0.25) is 4.52 Å². The molecular formula is C19H31NO9P+. The average molecular weight is 448 g/mol. The van der Waals surface area contributed by atoms with Crippen LogP contribution in [0.5, 0.6) is 0 Å². The molecule has 0 aliphatic carbocycles. The summed E-state index contributed by atoms with van der Waals surface area (Å²) in [6.45, 7) is 1.88. The summed E-state index contributed by atoms with van der Waals surface area (Å²) < 4.78 is 27.4. The van der Waals surface area contributed by atoms with Crippen LogP contribution in [0.1, 0.15) is 62.0 Å². The van der Waals surface area contributed by atoms with E-state index >= 15 is 0 Å². The molecule has 0 aromatic carbocycles. The SMILES string of the molecule is CCCCCCCCOC(=O)c1ccc[n+]([C@@H]2O[C@H](COP(=O)(O)O)[C@H](O)[C@@H]2O)c1. The van der Waals surface area contributed by atoms with E-state index in [4.69, 9.17) is 19.3 Å². The van der Waals surface area contributed by atoms with Crippen molar-refractivity contribution in [3.63, 3.8) is 0 Å². The summed E-state index contributed by atoms with van der Waals surface area (Å²) in [5.74, 6) is -0.507. The number of esters is 1. The quantitative estimate of drug-likeness (QED) is 0.160. The predicted octanol–water partition coefficient (Wildman–Crippen LogP) is 1.22. The van der Waals surface area contributed by atoms with E-state index in [-0.39, 0.29) is 5.56 Å². The molecule has 30 heavy (non-hydrogen) atoms. The Bertz CT molecular complexity index is 726. The number of aliphatic hydroxyl groups is 2. The zero-order chi connectivity index (χ0) is 22.1. The molecule has 1 aromatic rings. The van der Waals surface area contributed by atoms with Crippen LogP contribution < -0.4 is 4.57 Å². The molecule has 10 nitrogen and oxygen atoms in total. The average Bonchev–Trinajstić information content (AvgIpc) is 2.99. The molecule has 170 valence electrons. The van der Waals surface area contributed by atoms with Gasteiger partial charge in [0.2, 0.25) is 0 Å². The smallest absolute Gasteiger partial charge is 0.462 e. The van der Waals surface area contributed by atoms with Crippen molar-refractivity contribution >= 4 is 13.8 Å². The summed E-state index contributed by atoms with van der Waals surface area (Å²) in [6.07, 6.45) is 4.43. The molecule has 4 N–H and O–H groups in total. The number of hydrogen-bond acceptors (Lipinski definition) is 7.